The lowest BCUT2D eigenvalue weighted by Gasteiger charge is -2.36. The van der Waals surface area contributed by atoms with Gasteiger partial charge in [-0.15, -0.1) is 0 Å². The minimum absolute atomic E-state index is 0.0569. The van der Waals surface area contributed by atoms with Gasteiger partial charge in [-0.1, -0.05) is 12.8 Å². The Balaban J connectivity index is 1.98. The molecular weight excluding hydrogens is 344 g/mol. The Morgan fingerprint density at radius 2 is 1.80 bits per heavy atom. The number of sulfonamides is 1. The number of carbonyl (C=O) groups is 2. The fraction of sp³-hybridized carbons (Fsp3) is 0.882. The molecule has 1 aliphatic carbocycles. The third kappa shape index (κ3) is 5.67. The van der Waals surface area contributed by atoms with Crippen LogP contribution in [0.3, 0.4) is 0 Å². The van der Waals surface area contributed by atoms with Gasteiger partial charge in [0, 0.05) is 31.0 Å². The predicted octanol–water partition coefficient (Wildman–Crippen LogP) is 1.73. The molecule has 144 valence electrons. The van der Waals surface area contributed by atoms with Crippen LogP contribution in [0.1, 0.15) is 65.2 Å². The van der Waals surface area contributed by atoms with E-state index in [4.69, 9.17) is 5.11 Å². The van der Waals surface area contributed by atoms with Crippen LogP contribution in [-0.2, 0) is 19.6 Å². The molecule has 0 spiro atoms. The zero-order valence-corrected chi connectivity index (χ0v) is 16.0. The van der Waals surface area contributed by atoms with Crippen LogP contribution in [0.4, 0.5) is 0 Å². The van der Waals surface area contributed by atoms with Gasteiger partial charge in [-0.25, -0.2) is 13.1 Å². The smallest absolute Gasteiger partial charge is 0.303 e. The summed E-state index contributed by atoms with van der Waals surface area (Å²) in [6, 6.07) is 0. The van der Waals surface area contributed by atoms with Crippen LogP contribution in [0.25, 0.3) is 0 Å². The highest BCUT2D eigenvalue weighted by Crippen LogP contribution is 2.28. The highest BCUT2D eigenvalue weighted by Gasteiger charge is 2.37. The molecule has 0 aromatic heterocycles. The van der Waals surface area contributed by atoms with Crippen molar-refractivity contribution in [1.29, 1.82) is 0 Å². The third-order valence-corrected chi connectivity index (χ3v) is 7.32. The molecule has 7 nitrogen and oxygen atoms in total. The largest absolute Gasteiger partial charge is 0.481 e. The summed E-state index contributed by atoms with van der Waals surface area (Å²) in [7, 11) is -3.62. The van der Waals surface area contributed by atoms with Gasteiger partial charge in [-0.3, -0.25) is 9.59 Å². The molecule has 25 heavy (non-hydrogen) atoms. The molecule has 1 unspecified atom stereocenters. The zero-order valence-electron chi connectivity index (χ0n) is 15.2. The second-order valence-corrected chi connectivity index (χ2v) is 9.92. The molecule has 1 saturated heterocycles. The lowest BCUT2D eigenvalue weighted by atomic mass is 10.0. The summed E-state index contributed by atoms with van der Waals surface area (Å²) in [6.45, 7) is 4.25. The Morgan fingerprint density at radius 3 is 2.40 bits per heavy atom. The van der Waals surface area contributed by atoms with Gasteiger partial charge in [0.1, 0.15) is 0 Å². The second kappa shape index (κ2) is 8.03. The minimum atomic E-state index is -3.62. The van der Waals surface area contributed by atoms with Crippen LogP contribution < -0.4 is 4.72 Å². The fourth-order valence-electron chi connectivity index (χ4n) is 3.76. The number of carboxylic acid groups (broad SMARTS) is 1. The number of nitrogens with one attached hydrogen (secondary N) is 1. The number of carboxylic acids is 1. The van der Waals surface area contributed by atoms with Crippen molar-refractivity contribution in [3.8, 4) is 0 Å². The van der Waals surface area contributed by atoms with E-state index < -0.39 is 26.8 Å². The number of aliphatic carboxylic acids is 1. The molecule has 0 radical (unpaired) electrons. The van der Waals surface area contributed by atoms with Gasteiger partial charge in [0.25, 0.3) is 0 Å². The summed E-state index contributed by atoms with van der Waals surface area (Å²) < 4.78 is 28.1. The van der Waals surface area contributed by atoms with Crippen molar-refractivity contribution in [2.75, 3.05) is 13.1 Å². The molecule has 1 atom stereocenters. The monoisotopic (exact) mass is 374 g/mol. The summed E-state index contributed by atoms with van der Waals surface area (Å²) >= 11 is 0. The number of likely N-dealkylation sites (tertiary alicyclic amines) is 1. The van der Waals surface area contributed by atoms with Crippen LogP contribution in [0.5, 0.6) is 0 Å². The maximum atomic E-state index is 12.7. The molecule has 8 heteroatoms. The van der Waals surface area contributed by atoms with Crippen molar-refractivity contribution < 1.29 is 23.1 Å². The van der Waals surface area contributed by atoms with Crippen molar-refractivity contribution in [3.63, 3.8) is 0 Å². The van der Waals surface area contributed by atoms with Crippen LogP contribution in [0.2, 0.25) is 0 Å². The molecule has 2 rings (SSSR count). The maximum Gasteiger partial charge on any atom is 0.303 e. The van der Waals surface area contributed by atoms with Gasteiger partial charge in [0.2, 0.25) is 15.9 Å². The van der Waals surface area contributed by atoms with E-state index in [1.54, 1.807) is 18.7 Å². The molecular formula is C17H30N2O5S. The lowest BCUT2D eigenvalue weighted by molar-refractivity contribution is -0.137. The Morgan fingerprint density at radius 1 is 1.16 bits per heavy atom. The van der Waals surface area contributed by atoms with Gasteiger partial charge < -0.3 is 10.0 Å². The molecule has 2 aliphatic rings. The van der Waals surface area contributed by atoms with Crippen molar-refractivity contribution in [1.82, 2.24) is 9.62 Å². The number of hydrogen-bond donors (Lipinski definition) is 2. The SMILES string of the molecule is CC(C)(CCC(=O)O)NS(=O)(=O)C1CCCN(C(=O)C2CCCC2)C1. The van der Waals surface area contributed by atoms with Crippen molar-refractivity contribution in [2.45, 2.75) is 76.0 Å². The molecule has 0 aromatic carbocycles. The molecule has 0 aromatic rings. The highest BCUT2D eigenvalue weighted by molar-refractivity contribution is 7.90. The molecule has 2 fully saturated rings. The number of piperidine rings is 1. The van der Waals surface area contributed by atoms with Gasteiger partial charge in [0.15, 0.2) is 0 Å². The molecule has 1 aliphatic heterocycles. The van der Waals surface area contributed by atoms with Crippen LogP contribution >= 0.6 is 0 Å². The van der Waals surface area contributed by atoms with E-state index in [-0.39, 0.29) is 31.2 Å². The average molecular weight is 375 g/mol. The van der Waals surface area contributed by atoms with Crippen LogP contribution in [0.15, 0.2) is 0 Å². The topological polar surface area (TPSA) is 104 Å². The maximum absolute atomic E-state index is 12.7. The third-order valence-electron chi connectivity index (χ3n) is 5.22. The Kier molecular flexibility index (Phi) is 6.48. The summed E-state index contributed by atoms with van der Waals surface area (Å²) in [5.41, 5.74) is -0.824. The van der Waals surface area contributed by atoms with E-state index in [0.717, 1.165) is 25.7 Å². The molecule has 1 amide bonds. The quantitative estimate of drug-likeness (QED) is 0.706. The van der Waals surface area contributed by atoms with Crippen LogP contribution in [0, 0.1) is 5.92 Å². The standard InChI is InChI=1S/C17H30N2O5S/c1-17(2,10-9-15(20)21)18-25(23,24)14-8-5-11-19(12-14)16(22)13-6-3-4-7-13/h13-14,18H,3-12H2,1-2H3,(H,20,21). The van der Waals surface area contributed by atoms with E-state index >= 15 is 0 Å². The summed E-state index contributed by atoms with van der Waals surface area (Å²) in [4.78, 5) is 25.0. The first-order chi connectivity index (χ1) is 11.6. The van der Waals surface area contributed by atoms with Gasteiger partial charge in [-0.2, -0.15) is 0 Å². The van der Waals surface area contributed by atoms with E-state index in [2.05, 4.69) is 4.72 Å². The van der Waals surface area contributed by atoms with Crippen molar-refractivity contribution >= 4 is 21.9 Å². The number of rotatable bonds is 7. The number of hydrogen-bond acceptors (Lipinski definition) is 4. The lowest BCUT2D eigenvalue weighted by Crippen LogP contribution is -2.53. The molecule has 1 heterocycles. The van der Waals surface area contributed by atoms with Gasteiger partial charge in [0.05, 0.1) is 5.25 Å². The summed E-state index contributed by atoms with van der Waals surface area (Å²) in [6.07, 6.45) is 5.31. The zero-order chi connectivity index (χ0) is 18.7. The first kappa shape index (κ1) is 20.2. The normalized spacial score (nSPS) is 23.0. The van der Waals surface area contributed by atoms with E-state index in [0.29, 0.717) is 19.4 Å². The summed E-state index contributed by atoms with van der Waals surface area (Å²) in [5, 5.41) is 8.17. The van der Waals surface area contributed by atoms with Crippen molar-refractivity contribution in [2.24, 2.45) is 5.92 Å². The van der Waals surface area contributed by atoms with Crippen LogP contribution in [-0.4, -0.2) is 54.2 Å². The van der Waals surface area contributed by atoms with Gasteiger partial charge >= 0.3 is 5.97 Å². The number of nitrogens with zero attached hydrogens (tertiary/aromatic N) is 1. The number of carbonyl (C=O) groups excluding carboxylic acids is 1. The molecule has 0 bridgehead atoms. The highest BCUT2D eigenvalue weighted by atomic mass is 32.2. The van der Waals surface area contributed by atoms with E-state index in [1.807, 2.05) is 0 Å². The number of amides is 1. The first-order valence-corrected chi connectivity index (χ1v) is 10.7. The second-order valence-electron chi connectivity index (χ2n) is 7.95. The van der Waals surface area contributed by atoms with E-state index in [9.17, 15) is 18.0 Å². The van der Waals surface area contributed by atoms with Crippen molar-refractivity contribution in [3.05, 3.63) is 0 Å². The Hall–Kier alpha value is -1.15. The van der Waals surface area contributed by atoms with E-state index in [1.165, 1.54) is 0 Å². The molecule has 1 saturated carbocycles. The average Bonchev–Trinajstić information content (AvgIpc) is 3.06. The summed E-state index contributed by atoms with van der Waals surface area (Å²) in [5.74, 6) is -0.790. The predicted molar refractivity (Wildman–Crippen MR) is 94.6 cm³/mol. The molecule has 2 N–H and O–H groups in total. The Labute approximate surface area is 150 Å². The first-order valence-electron chi connectivity index (χ1n) is 9.14. The van der Waals surface area contributed by atoms with Gasteiger partial charge in [-0.05, 0) is 46.0 Å². The fourth-order valence-corrected chi connectivity index (χ4v) is 5.65. The Bertz CT molecular complexity index is 596. The minimum Gasteiger partial charge on any atom is -0.481 e.